The summed E-state index contributed by atoms with van der Waals surface area (Å²) in [5, 5.41) is 0.633. The monoisotopic (exact) mass is 268 g/mol. The van der Waals surface area contributed by atoms with Gasteiger partial charge in [0.15, 0.2) is 6.29 Å². The summed E-state index contributed by atoms with van der Waals surface area (Å²) >= 11 is 7.12. The lowest BCUT2D eigenvalue weighted by Crippen LogP contribution is -1.96. The van der Waals surface area contributed by atoms with Crippen LogP contribution in [0.2, 0.25) is 4.34 Å². The summed E-state index contributed by atoms with van der Waals surface area (Å²) in [7, 11) is 0. The van der Waals surface area contributed by atoms with E-state index in [0.29, 0.717) is 28.1 Å². The Balaban J connectivity index is 2.48. The first-order valence-corrected chi connectivity index (χ1v) is 6.15. The molecule has 0 atom stereocenters. The third-order valence-electron chi connectivity index (χ3n) is 2.00. The highest BCUT2D eigenvalue weighted by Crippen LogP contribution is 2.34. The molecule has 2 heterocycles. The van der Waals surface area contributed by atoms with Crippen LogP contribution in [0.4, 0.5) is 0 Å². The van der Waals surface area contributed by atoms with Crippen molar-refractivity contribution in [2.45, 2.75) is 6.92 Å². The van der Waals surface area contributed by atoms with Gasteiger partial charge in [0.25, 0.3) is 0 Å². The number of hydrogen-bond donors (Lipinski definition) is 0. The molecule has 17 heavy (non-hydrogen) atoms. The van der Waals surface area contributed by atoms with E-state index in [0.717, 1.165) is 5.56 Å². The van der Waals surface area contributed by atoms with Crippen LogP contribution in [0.15, 0.2) is 18.3 Å². The van der Waals surface area contributed by atoms with Crippen LogP contribution in [0.3, 0.4) is 0 Å². The predicted molar refractivity (Wildman–Crippen MR) is 66.9 cm³/mol. The van der Waals surface area contributed by atoms with Gasteiger partial charge in [-0.2, -0.15) is 0 Å². The summed E-state index contributed by atoms with van der Waals surface area (Å²) in [6, 6.07) is 3.62. The molecule has 6 heteroatoms. The van der Waals surface area contributed by atoms with Crippen molar-refractivity contribution in [3.63, 3.8) is 0 Å². The maximum atomic E-state index is 10.7. The van der Waals surface area contributed by atoms with E-state index in [-0.39, 0.29) is 5.69 Å². The molecule has 0 N–H and O–H groups in total. The quantitative estimate of drug-likeness (QED) is 0.800. The number of carbonyl (C=O) groups excluding carboxylic acids is 1. The van der Waals surface area contributed by atoms with Crippen molar-refractivity contribution in [1.29, 1.82) is 0 Å². The molecule has 4 nitrogen and oxygen atoms in total. The zero-order chi connectivity index (χ0) is 12.3. The highest BCUT2D eigenvalue weighted by atomic mass is 35.5. The molecule has 2 aromatic heterocycles. The molecule has 0 amide bonds. The minimum Gasteiger partial charge on any atom is -0.477 e. The lowest BCUT2D eigenvalue weighted by Gasteiger charge is -2.05. The van der Waals surface area contributed by atoms with Gasteiger partial charge in [-0.05, 0) is 19.1 Å². The Hall–Kier alpha value is -1.46. The van der Waals surface area contributed by atoms with Crippen LogP contribution in [-0.2, 0) is 0 Å². The van der Waals surface area contributed by atoms with E-state index in [2.05, 4.69) is 9.97 Å². The Morgan fingerprint density at radius 3 is 3.06 bits per heavy atom. The summed E-state index contributed by atoms with van der Waals surface area (Å²) in [5.41, 5.74) is 0.993. The van der Waals surface area contributed by atoms with Crippen molar-refractivity contribution >= 4 is 29.2 Å². The van der Waals surface area contributed by atoms with Crippen molar-refractivity contribution in [2.24, 2.45) is 0 Å². The van der Waals surface area contributed by atoms with Crippen LogP contribution < -0.4 is 4.74 Å². The number of nitrogens with zero attached hydrogens (tertiary/aromatic N) is 2. The molecular weight excluding hydrogens is 260 g/mol. The van der Waals surface area contributed by atoms with Crippen molar-refractivity contribution < 1.29 is 9.53 Å². The lowest BCUT2D eigenvalue weighted by molar-refractivity contribution is 0.112. The van der Waals surface area contributed by atoms with Gasteiger partial charge < -0.3 is 4.74 Å². The van der Waals surface area contributed by atoms with E-state index in [1.54, 1.807) is 12.3 Å². The summed E-state index contributed by atoms with van der Waals surface area (Å²) in [5.74, 6) is 0.498. The smallest absolute Gasteiger partial charge is 0.223 e. The fraction of sp³-hybridized carbons (Fsp3) is 0.182. The van der Waals surface area contributed by atoms with Gasteiger partial charge in [0, 0.05) is 6.20 Å². The topological polar surface area (TPSA) is 52.1 Å². The number of carbonyl (C=O) groups is 1. The van der Waals surface area contributed by atoms with E-state index in [9.17, 15) is 4.79 Å². The Morgan fingerprint density at radius 2 is 2.41 bits per heavy atom. The number of aromatic nitrogens is 2. The van der Waals surface area contributed by atoms with Gasteiger partial charge in [-0.1, -0.05) is 11.6 Å². The standard InChI is InChI=1S/C11H9ClN2O2S/c1-2-16-10-7(4-3-5-13-10)11-14-8(6-15)9(12)17-11/h3-6H,2H2,1H3. The molecule has 2 rings (SSSR count). The van der Waals surface area contributed by atoms with Gasteiger partial charge >= 0.3 is 0 Å². The first-order chi connectivity index (χ1) is 8.26. The molecule has 0 fully saturated rings. The molecule has 88 valence electrons. The third kappa shape index (κ3) is 2.45. The number of halogens is 1. The summed E-state index contributed by atoms with van der Waals surface area (Å²) in [6.07, 6.45) is 2.28. The highest BCUT2D eigenvalue weighted by Gasteiger charge is 2.14. The molecule has 2 aromatic rings. The Morgan fingerprint density at radius 1 is 1.59 bits per heavy atom. The first-order valence-electron chi connectivity index (χ1n) is 4.96. The zero-order valence-corrected chi connectivity index (χ0v) is 10.6. The molecule has 0 bridgehead atoms. The molecule has 0 aliphatic carbocycles. The van der Waals surface area contributed by atoms with Crippen molar-refractivity contribution in [3.05, 3.63) is 28.4 Å². The van der Waals surface area contributed by atoms with Crippen LogP contribution in [0, 0.1) is 0 Å². The van der Waals surface area contributed by atoms with E-state index in [4.69, 9.17) is 16.3 Å². The highest BCUT2D eigenvalue weighted by molar-refractivity contribution is 7.19. The normalized spacial score (nSPS) is 10.2. The van der Waals surface area contributed by atoms with E-state index in [1.807, 2.05) is 13.0 Å². The van der Waals surface area contributed by atoms with Gasteiger partial charge in [0.1, 0.15) is 15.0 Å². The van der Waals surface area contributed by atoms with E-state index < -0.39 is 0 Å². The zero-order valence-electron chi connectivity index (χ0n) is 9.01. The average molecular weight is 269 g/mol. The maximum absolute atomic E-state index is 10.7. The second-order valence-electron chi connectivity index (χ2n) is 3.08. The van der Waals surface area contributed by atoms with Gasteiger partial charge in [-0.25, -0.2) is 9.97 Å². The minimum absolute atomic E-state index is 0.248. The Labute approximate surface area is 107 Å². The van der Waals surface area contributed by atoms with Crippen molar-refractivity contribution in [2.75, 3.05) is 6.61 Å². The summed E-state index contributed by atoms with van der Waals surface area (Å²) in [4.78, 5) is 19.0. The number of aldehydes is 1. The van der Waals surface area contributed by atoms with Gasteiger partial charge in [0.05, 0.1) is 12.2 Å². The molecule has 0 radical (unpaired) electrons. The maximum Gasteiger partial charge on any atom is 0.223 e. The van der Waals surface area contributed by atoms with Crippen LogP contribution in [0.5, 0.6) is 5.88 Å². The number of rotatable bonds is 4. The molecule has 0 spiro atoms. The third-order valence-corrected chi connectivity index (χ3v) is 3.32. The summed E-state index contributed by atoms with van der Waals surface area (Å²) in [6.45, 7) is 2.40. The van der Waals surface area contributed by atoms with Crippen molar-refractivity contribution in [3.8, 4) is 16.5 Å². The van der Waals surface area contributed by atoms with E-state index >= 15 is 0 Å². The average Bonchev–Trinajstić information content (AvgIpc) is 2.71. The Bertz CT molecular complexity index is 542. The molecule has 0 aliphatic rings. The number of thiazole rings is 1. The first kappa shape index (κ1) is 12.0. The molecule has 0 saturated carbocycles. The van der Waals surface area contributed by atoms with Crippen LogP contribution >= 0.6 is 22.9 Å². The molecular formula is C11H9ClN2O2S. The number of hydrogen-bond acceptors (Lipinski definition) is 5. The van der Waals surface area contributed by atoms with Crippen LogP contribution in [0.1, 0.15) is 17.4 Å². The largest absolute Gasteiger partial charge is 0.477 e. The second kappa shape index (κ2) is 5.25. The van der Waals surface area contributed by atoms with Crippen LogP contribution in [0.25, 0.3) is 10.6 Å². The minimum atomic E-state index is 0.248. The van der Waals surface area contributed by atoms with Gasteiger partial charge in [-0.3, -0.25) is 4.79 Å². The van der Waals surface area contributed by atoms with E-state index in [1.165, 1.54) is 11.3 Å². The van der Waals surface area contributed by atoms with Crippen molar-refractivity contribution in [1.82, 2.24) is 9.97 Å². The summed E-state index contributed by atoms with van der Waals surface area (Å²) < 4.78 is 5.77. The molecule has 0 saturated heterocycles. The number of ether oxygens (including phenoxy) is 1. The second-order valence-corrected chi connectivity index (χ2v) is 4.69. The molecule has 0 unspecified atom stereocenters. The van der Waals surface area contributed by atoms with Gasteiger partial charge in [-0.15, -0.1) is 11.3 Å². The predicted octanol–water partition coefficient (Wildman–Crippen LogP) is 3.07. The van der Waals surface area contributed by atoms with Gasteiger partial charge in [0.2, 0.25) is 5.88 Å². The van der Waals surface area contributed by atoms with Crippen LogP contribution in [-0.4, -0.2) is 22.9 Å². The fourth-order valence-corrected chi connectivity index (χ4v) is 2.39. The number of pyridine rings is 1. The Kier molecular flexibility index (Phi) is 3.71. The molecule has 0 aromatic carbocycles. The SMILES string of the molecule is CCOc1ncccc1-c1nc(C=O)c(Cl)s1. The molecule has 0 aliphatic heterocycles. The fourth-order valence-electron chi connectivity index (χ4n) is 1.31. The lowest BCUT2D eigenvalue weighted by atomic mass is 10.3.